The van der Waals surface area contributed by atoms with E-state index in [2.05, 4.69) is 4.90 Å². The topological polar surface area (TPSA) is 62.6 Å². The van der Waals surface area contributed by atoms with Gasteiger partial charge in [0.25, 0.3) is 17.4 Å². The normalized spacial score (nSPS) is 26.2. The molecule has 3 aliphatic heterocycles. The van der Waals surface area contributed by atoms with E-state index in [-0.39, 0.29) is 23.3 Å². The predicted octanol–water partition coefficient (Wildman–Crippen LogP) is 0.841. The Morgan fingerprint density at radius 3 is 2.62 bits per heavy atom. The molecule has 2 atom stereocenters. The van der Waals surface area contributed by atoms with Gasteiger partial charge < -0.3 is 9.47 Å². The smallest absolute Gasteiger partial charge is 0.278 e. The van der Waals surface area contributed by atoms with E-state index in [1.54, 1.807) is 12.1 Å². The predicted molar refractivity (Wildman–Crippen MR) is 91.4 cm³/mol. The number of likely N-dealkylation sites (N-methyl/N-ethyl adjacent to an activating group) is 1. The molecule has 0 unspecified atom stereocenters. The fraction of sp³-hybridized carbons (Fsp3) is 0.471. The summed E-state index contributed by atoms with van der Waals surface area (Å²) < 4.78 is 1.87. The van der Waals surface area contributed by atoms with Crippen molar-refractivity contribution in [2.75, 3.05) is 26.4 Å². The molecule has 126 valence electrons. The van der Waals surface area contributed by atoms with Crippen LogP contribution in [0.3, 0.4) is 0 Å². The van der Waals surface area contributed by atoms with E-state index in [1.165, 1.54) is 23.7 Å². The highest BCUT2D eigenvalue weighted by Gasteiger charge is 2.43. The van der Waals surface area contributed by atoms with E-state index in [4.69, 9.17) is 0 Å². The van der Waals surface area contributed by atoms with Crippen LogP contribution in [0.25, 0.3) is 0 Å². The Labute approximate surface area is 144 Å². The van der Waals surface area contributed by atoms with Gasteiger partial charge in [-0.05, 0) is 24.7 Å². The lowest BCUT2D eigenvalue weighted by Gasteiger charge is -2.43. The highest BCUT2D eigenvalue weighted by atomic mass is 32.2. The van der Waals surface area contributed by atoms with Crippen molar-refractivity contribution in [3.8, 4) is 0 Å². The molecule has 1 aromatic heterocycles. The molecule has 6 nitrogen and oxygen atoms in total. The molecule has 0 saturated carbocycles. The van der Waals surface area contributed by atoms with Gasteiger partial charge in [0.2, 0.25) is 0 Å². The molecule has 1 aromatic rings. The van der Waals surface area contributed by atoms with E-state index >= 15 is 0 Å². The summed E-state index contributed by atoms with van der Waals surface area (Å²) in [4.78, 5) is 40.7. The van der Waals surface area contributed by atoms with Gasteiger partial charge in [-0.25, -0.2) is 0 Å². The zero-order valence-corrected chi connectivity index (χ0v) is 14.5. The molecule has 24 heavy (non-hydrogen) atoms. The summed E-state index contributed by atoms with van der Waals surface area (Å²) in [6.45, 7) is 2.07. The van der Waals surface area contributed by atoms with E-state index in [9.17, 15) is 14.4 Å². The molecule has 0 aromatic carbocycles. The Morgan fingerprint density at radius 2 is 1.88 bits per heavy atom. The maximum atomic E-state index is 12.5. The summed E-state index contributed by atoms with van der Waals surface area (Å²) in [5.41, 5.74) is 1.63. The maximum absolute atomic E-state index is 12.5. The van der Waals surface area contributed by atoms with Gasteiger partial charge in [0, 0.05) is 44.4 Å². The van der Waals surface area contributed by atoms with Crippen LogP contribution in [-0.2, 0) is 16.1 Å². The van der Waals surface area contributed by atoms with Gasteiger partial charge in [-0.15, -0.1) is 11.8 Å². The summed E-state index contributed by atoms with van der Waals surface area (Å²) >= 11 is 1.34. The Kier molecular flexibility index (Phi) is 3.56. The largest absolute Gasteiger partial charge is 0.365 e. The summed E-state index contributed by atoms with van der Waals surface area (Å²) in [5, 5.41) is 0. The lowest BCUT2D eigenvalue weighted by atomic mass is 9.83. The molecule has 2 bridgehead atoms. The molecule has 0 N–H and O–H groups in total. The fourth-order valence-corrected chi connectivity index (χ4v) is 4.87. The van der Waals surface area contributed by atoms with E-state index in [0.717, 1.165) is 12.1 Å². The summed E-state index contributed by atoms with van der Waals surface area (Å²) in [6.07, 6.45) is 2.86. The molecule has 1 fully saturated rings. The number of carbonyl (C=O) groups excluding carboxylic acids is 2. The standard InChI is InChI=1S/C17H19N3O3S/c1-18-16(22)14(15(24-2)17(18)23)19-7-10-6-11(9-19)12-4-3-5-13(21)20(12)8-10/h3-5,10-11H,6-9H2,1-2H3/t10-,11+/m0/s1. The number of nitrogens with zero attached hydrogens (tertiary/aromatic N) is 3. The molecule has 4 heterocycles. The Morgan fingerprint density at radius 1 is 1.08 bits per heavy atom. The highest BCUT2D eigenvalue weighted by molar-refractivity contribution is 8.03. The lowest BCUT2D eigenvalue weighted by Crippen LogP contribution is -2.47. The minimum atomic E-state index is -0.213. The number of carbonyl (C=O) groups is 2. The van der Waals surface area contributed by atoms with E-state index in [0.29, 0.717) is 36.2 Å². The molecule has 2 amide bonds. The molecule has 0 aliphatic carbocycles. The zero-order chi connectivity index (χ0) is 17.0. The third-order valence-corrected chi connectivity index (χ3v) is 6.00. The zero-order valence-electron chi connectivity index (χ0n) is 13.7. The van der Waals surface area contributed by atoms with Crippen LogP contribution in [0.15, 0.2) is 33.6 Å². The minimum absolute atomic E-state index is 0.0477. The molecule has 7 heteroatoms. The number of likely N-dealkylation sites (tertiary alicyclic amines) is 1. The van der Waals surface area contributed by atoms with Crippen LogP contribution in [0.5, 0.6) is 0 Å². The average Bonchev–Trinajstić information content (AvgIpc) is 2.79. The van der Waals surface area contributed by atoms with Crippen LogP contribution in [0.1, 0.15) is 18.0 Å². The van der Waals surface area contributed by atoms with Gasteiger partial charge in [-0.3, -0.25) is 19.3 Å². The number of thioether (sulfide) groups is 1. The Balaban J connectivity index is 1.72. The van der Waals surface area contributed by atoms with Gasteiger partial charge in [0.1, 0.15) is 10.6 Å². The molecule has 0 spiro atoms. The number of piperidine rings is 1. The van der Waals surface area contributed by atoms with Crippen molar-refractivity contribution >= 4 is 23.6 Å². The van der Waals surface area contributed by atoms with Crippen molar-refractivity contribution < 1.29 is 9.59 Å². The first-order valence-electron chi connectivity index (χ1n) is 8.06. The van der Waals surface area contributed by atoms with Crippen molar-refractivity contribution in [1.29, 1.82) is 0 Å². The fourth-order valence-electron chi connectivity index (χ4n) is 4.14. The summed E-state index contributed by atoms with van der Waals surface area (Å²) in [7, 11) is 1.54. The Hall–Kier alpha value is -2.02. The maximum Gasteiger partial charge on any atom is 0.278 e. The molecule has 4 rings (SSSR count). The minimum Gasteiger partial charge on any atom is -0.365 e. The third kappa shape index (κ3) is 2.14. The number of rotatable bonds is 2. The third-order valence-electron chi connectivity index (χ3n) is 5.22. The van der Waals surface area contributed by atoms with Crippen molar-refractivity contribution in [2.24, 2.45) is 5.92 Å². The first kappa shape index (κ1) is 15.5. The van der Waals surface area contributed by atoms with Crippen LogP contribution in [0.2, 0.25) is 0 Å². The van der Waals surface area contributed by atoms with Gasteiger partial charge in [0.05, 0.1) is 0 Å². The van der Waals surface area contributed by atoms with Crippen LogP contribution in [-0.4, -0.2) is 52.6 Å². The molecular formula is C17H19N3O3S. The first-order valence-corrected chi connectivity index (χ1v) is 9.29. The second-order valence-electron chi connectivity index (χ2n) is 6.65. The highest BCUT2D eigenvalue weighted by Crippen LogP contribution is 2.39. The number of fused-ring (bicyclic) bond motifs is 4. The number of pyridine rings is 1. The van der Waals surface area contributed by atoms with Crippen molar-refractivity contribution in [3.05, 3.63) is 44.8 Å². The number of imide groups is 1. The Bertz CT molecular complexity index is 829. The van der Waals surface area contributed by atoms with E-state index < -0.39 is 0 Å². The van der Waals surface area contributed by atoms with Crippen molar-refractivity contribution in [1.82, 2.24) is 14.4 Å². The molecule has 3 aliphatic rings. The number of hydrogen-bond acceptors (Lipinski definition) is 5. The van der Waals surface area contributed by atoms with E-state index in [1.807, 2.05) is 16.9 Å². The van der Waals surface area contributed by atoms with Gasteiger partial charge in [0.15, 0.2) is 0 Å². The molecule has 0 radical (unpaired) electrons. The lowest BCUT2D eigenvalue weighted by molar-refractivity contribution is -0.136. The second kappa shape index (κ2) is 5.51. The second-order valence-corrected chi connectivity index (χ2v) is 7.47. The van der Waals surface area contributed by atoms with Gasteiger partial charge in [-0.1, -0.05) is 6.07 Å². The summed E-state index contributed by atoms with van der Waals surface area (Å²) in [5.74, 6) is 0.112. The number of hydrogen-bond donors (Lipinski definition) is 0. The average molecular weight is 345 g/mol. The monoisotopic (exact) mass is 345 g/mol. The van der Waals surface area contributed by atoms with Crippen molar-refractivity contribution in [2.45, 2.75) is 18.9 Å². The van der Waals surface area contributed by atoms with Gasteiger partial charge in [-0.2, -0.15) is 0 Å². The number of aromatic nitrogens is 1. The van der Waals surface area contributed by atoms with Crippen LogP contribution in [0, 0.1) is 5.92 Å². The van der Waals surface area contributed by atoms with Crippen LogP contribution >= 0.6 is 11.8 Å². The summed E-state index contributed by atoms with van der Waals surface area (Å²) in [6, 6.07) is 5.41. The van der Waals surface area contributed by atoms with Crippen LogP contribution in [0.4, 0.5) is 0 Å². The van der Waals surface area contributed by atoms with Crippen LogP contribution < -0.4 is 5.56 Å². The number of amides is 2. The SMILES string of the molecule is CSC1=C(N2C[C@@H]3C[C@H](C2)c2cccc(=O)n2C3)C(=O)N(C)C1=O. The quantitative estimate of drug-likeness (QED) is 0.744. The van der Waals surface area contributed by atoms with Crippen molar-refractivity contribution in [3.63, 3.8) is 0 Å². The molecular weight excluding hydrogens is 326 g/mol. The first-order chi connectivity index (χ1) is 11.5. The molecule has 1 saturated heterocycles. The van der Waals surface area contributed by atoms with Gasteiger partial charge >= 0.3 is 0 Å².